The zero-order valence-corrected chi connectivity index (χ0v) is 9.55. The largest absolute Gasteiger partial charge is 0.377 e. The molecule has 1 aromatic rings. The zero-order valence-electron chi connectivity index (χ0n) is 8.79. The van der Waals surface area contributed by atoms with Crippen molar-refractivity contribution in [3.05, 3.63) is 41.6 Å². The standard InChI is InChI=1S/C12H13ClN2O/c1-8-11(5-6-12(16)14-8)15-10-4-2-3-9(13)7-10/h2-4,7,11,15H,1,5-6H2,(H,14,16). The highest BCUT2D eigenvalue weighted by atomic mass is 35.5. The van der Waals surface area contributed by atoms with Gasteiger partial charge in [0.15, 0.2) is 0 Å². The molecule has 1 aromatic carbocycles. The first-order valence-electron chi connectivity index (χ1n) is 5.16. The van der Waals surface area contributed by atoms with Gasteiger partial charge in [-0.2, -0.15) is 0 Å². The Hall–Kier alpha value is -1.48. The summed E-state index contributed by atoms with van der Waals surface area (Å²) in [6.07, 6.45) is 1.29. The molecule has 84 valence electrons. The van der Waals surface area contributed by atoms with E-state index in [4.69, 9.17) is 11.6 Å². The Morgan fingerprint density at radius 3 is 3.00 bits per heavy atom. The number of anilines is 1. The molecule has 0 aliphatic carbocycles. The molecule has 1 amide bonds. The average Bonchev–Trinajstić information content (AvgIpc) is 2.22. The normalized spacial score (nSPS) is 20.4. The van der Waals surface area contributed by atoms with Crippen LogP contribution in [-0.4, -0.2) is 11.9 Å². The van der Waals surface area contributed by atoms with Crippen LogP contribution in [0.5, 0.6) is 0 Å². The Bertz CT molecular complexity index is 431. The molecule has 0 aromatic heterocycles. The average molecular weight is 237 g/mol. The monoisotopic (exact) mass is 236 g/mol. The quantitative estimate of drug-likeness (QED) is 0.829. The van der Waals surface area contributed by atoms with Crippen molar-refractivity contribution >= 4 is 23.2 Å². The third-order valence-electron chi connectivity index (χ3n) is 2.55. The second kappa shape index (κ2) is 4.58. The predicted molar refractivity (Wildman–Crippen MR) is 65.4 cm³/mol. The van der Waals surface area contributed by atoms with Gasteiger partial charge in [-0.05, 0) is 24.6 Å². The lowest BCUT2D eigenvalue weighted by Gasteiger charge is -2.26. The number of hydrogen-bond acceptors (Lipinski definition) is 2. The van der Waals surface area contributed by atoms with E-state index >= 15 is 0 Å². The predicted octanol–water partition coefficient (Wildman–Crippen LogP) is 2.54. The van der Waals surface area contributed by atoms with Crippen LogP contribution in [0.3, 0.4) is 0 Å². The van der Waals surface area contributed by atoms with Crippen LogP contribution in [0.1, 0.15) is 12.8 Å². The lowest BCUT2D eigenvalue weighted by Crippen LogP contribution is -2.39. The third-order valence-corrected chi connectivity index (χ3v) is 2.78. The van der Waals surface area contributed by atoms with E-state index in [9.17, 15) is 4.79 Å². The highest BCUT2D eigenvalue weighted by molar-refractivity contribution is 6.30. The van der Waals surface area contributed by atoms with Gasteiger partial charge in [0.2, 0.25) is 5.91 Å². The van der Waals surface area contributed by atoms with Gasteiger partial charge < -0.3 is 10.6 Å². The van der Waals surface area contributed by atoms with Gasteiger partial charge in [0.25, 0.3) is 0 Å². The molecule has 0 saturated carbocycles. The second-order valence-electron chi connectivity index (χ2n) is 3.82. The van der Waals surface area contributed by atoms with Crippen LogP contribution < -0.4 is 10.6 Å². The number of amides is 1. The molecule has 1 fully saturated rings. The van der Waals surface area contributed by atoms with Gasteiger partial charge in [-0.25, -0.2) is 0 Å². The Morgan fingerprint density at radius 1 is 1.50 bits per heavy atom. The minimum atomic E-state index is 0.0362. The van der Waals surface area contributed by atoms with Crippen molar-refractivity contribution in [1.82, 2.24) is 5.32 Å². The minimum Gasteiger partial charge on any atom is -0.377 e. The van der Waals surface area contributed by atoms with Crippen LogP contribution in [0.15, 0.2) is 36.5 Å². The number of hydrogen-bond donors (Lipinski definition) is 2. The van der Waals surface area contributed by atoms with E-state index in [0.29, 0.717) is 11.4 Å². The summed E-state index contributed by atoms with van der Waals surface area (Å²) in [7, 11) is 0. The molecule has 1 atom stereocenters. The molecule has 1 unspecified atom stereocenters. The SMILES string of the molecule is C=C1NC(=O)CCC1Nc1cccc(Cl)c1. The fourth-order valence-electron chi connectivity index (χ4n) is 1.72. The molecule has 1 saturated heterocycles. The summed E-state index contributed by atoms with van der Waals surface area (Å²) in [5, 5.41) is 6.72. The fourth-order valence-corrected chi connectivity index (χ4v) is 1.91. The van der Waals surface area contributed by atoms with E-state index < -0.39 is 0 Å². The third kappa shape index (κ3) is 2.55. The first-order valence-corrected chi connectivity index (χ1v) is 5.54. The second-order valence-corrected chi connectivity index (χ2v) is 4.26. The number of carbonyl (C=O) groups excluding carboxylic acids is 1. The zero-order chi connectivity index (χ0) is 11.5. The first kappa shape index (κ1) is 11.0. The molecular formula is C12H13ClN2O. The van der Waals surface area contributed by atoms with Gasteiger partial charge >= 0.3 is 0 Å². The molecular weight excluding hydrogens is 224 g/mol. The number of halogens is 1. The van der Waals surface area contributed by atoms with Gasteiger partial charge in [0.05, 0.1) is 6.04 Å². The van der Waals surface area contributed by atoms with Crippen molar-refractivity contribution in [3.8, 4) is 0 Å². The van der Waals surface area contributed by atoms with Gasteiger partial charge in [0, 0.05) is 22.8 Å². The van der Waals surface area contributed by atoms with Gasteiger partial charge in [0.1, 0.15) is 0 Å². The Labute approximate surface area is 99.5 Å². The summed E-state index contributed by atoms with van der Waals surface area (Å²) in [4.78, 5) is 11.1. The van der Waals surface area contributed by atoms with E-state index in [1.165, 1.54) is 0 Å². The Balaban J connectivity index is 2.05. The summed E-state index contributed by atoms with van der Waals surface area (Å²) in [5.41, 5.74) is 1.66. The van der Waals surface area contributed by atoms with Crippen molar-refractivity contribution in [2.75, 3.05) is 5.32 Å². The van der Waals surface area contributed by atoms with Crippen molar-refractivity contribution in [2.45, 2.75) is 18.9 Å². The van der Waals surface area contributed by atoms with Crippen molar-refractivity contribution < 1.29 is 4.79 Å². The molecule has 4 heteroatoms. The van der Waals surface area contributed by atoms with E-state index in [2.05, 4.69) is 17.2 Å². The number of rotatable bonds is 2. The Morgan fingerprint density at radius 2 is 2.31 bits per heavy atom. The molecule has 0 radical (unpaired) electrons. The molecule has 16 heavy (non-hydrogen) atoms. The maximum absolute atomic E-state index is 11.1. The summed E-state index contributed by atoms with van der Waals surface area (Å²) < 4.78 is 0. The highest BCUT2D eigenvalue weighted by Gasteiger charge is 2.21. The molecule has 0 bridgehead atoms. The maximum atomic E-state index is 11.1. The molecule has 1 aliphatic heterocycles. The molecule has 1 aliphatic rings. The molecule has 0 spiro atoms. The van der Waals surface area contributed by atoms with E-state index in [1.54, 1.807) is 0 Å². The van der Waals surface area contributed by atoms with Crippen LogP contribution in [0.25, 0.3) is 0 Å². The lowest BCUT2D eigenvalue weighted by molar-refractivity contribution is -0.121. The molecule has 2 N–H and O–H groups in total. The van der Waals surface area contributed by atoms with Gasteiger partial charge in [-0.15, -0.1) is 0 Å². The van der Waals surface area contributed by atoms with Gasteiger partial charge in [-0.1, -0.05) is 24.2 Å². The number of carbonyl (C=O) groups is 1. The smallest absolute Gasteiger partial charge is 0.224 e. The van der Waals surface area contributed by atoms with Crippen LogP contribution in [0, 0.1) is 0 Å². The molecule has 2 rings (SSSR count). The van der Waals surface area contributed by atoms with Crippen LogP contribution in [0.4, 0.5) is 5.69 Å². The van der Waals surface area contributed by atoms with Crippen molar-refractivity contribution in [2.24, 2.45) is 0 Å². The molecule has 1 heterocycles. The van der Waals surface area contributed by atoms with Gasteiger partial charge in [-0.3, -0.25) is 4.79 Å². The lowest BCUT2D eigenvalue weighted by atomic mass is 10.0. The summed E-state index contributed by atoms with van der Waals surface area (Å²) in [5.74, 6) is 0.0362. The first-order chi connectivity index (χ1) is 7.65. The van der Waals surface area contributed by atoms with Crippen LogP contribution in [0.2, 0.25) is 5.02 Å². The number of nitrogens with one attached hydrogen (secondary N) is 2. The molecule has 3 nitrogen and oxygen atoms in total. The fraction of sp³-hybridized carbons (Fsp3) is 0.250. The minimum absolute atomic E-state index is 0.0362. The van der Waals surface area contributed by atoms with Crippen LogP contribution >= 0.6 is 11.6 Å². The summed E-state index contributed by atoms with van der Waals surface area (Å²) in [6, 6.07) is 7.58. The highest BCUT2D eigenvalue weighted by Crippen LogP contribution is 2.20. The van der Waals surface area contributed by atoms with Crippen molar-refractivity contribution in [3.63, 3.8) is 0 Å². The van der Waals surface area contributed by atoms with E-state index in [-0.39, 0.29) is 11.9 Å². The number of piperidine rings is 1. The topological polar surface area (TPSA) is 41.1 Å². The maximum Gasteiger partial charge on any atom is 0.224 e. The summed E-state index contributed by atoms with van der Waals surface area (Å²) >= 11 is 5.89. The van der Waals surface area contributed by atoms with E-state index in [1.807, 2.05) is 24.3 Å². The van der Waals surface area contributed by atoms with E-state index in [0.717, 1.165) is 17.8 Å². The number of benzene rings is 1. The van der Waals surface area contributed by atoms with Crippen molar-refractivity contribution in [1.29, 1.82) is 0 Å². The summed E-state index contributed by atoms with van der Waals surface area (Å²) in [6.45, 7) is 3.84. The Kier molecular flexibility index (Phi) is 3.15. The van der Waals surface area contributed by atoms with Crippen LogP contribution in [-0.2, 0) is 4.79 Å².